The summed E-state index contributed by atoms with van der Waals surface area (Å²) < 4.78 is 69.6. The quantitative estimate of drug-likeness (QED) is 0.646. The zero-order valence-electron chi connectivity index (χ0n) is 11.1. The number of nitrogens with two attached hydrogens (primary N) is 1. The molecule has 126 valence electrons. The molecule has 22 heavy (non-hydrogen) atoms. The fourth-order valence-corrected chi connectivity index (χ4v) is 1.91. The predicted octanol–water partition coefficient (Wildman–Crippen LogP) is 3.98. The van der Waals surface area contributed by atoms with E-state index in [0.717, 1.165) is 12.1 Å². The molecule has 0 aliphatic heterocycles. The molecule has 1 aromatic carbocycles. The number of benzene rings is 1. The van der Waals surface area contributed by atoms with Crippen molar-refractivity contribution in [1.82, 2.24) is 0 Å². The number of rotatable bonds is 4. The van der Waals surface area contributed by atoms with Crippen molar-refractivity contribution in [3.8, 4) is 0 Å². The van der Waals surface area contributed by atoms with E-state index in [1.54, 1.807) is 0 Å². The predicted molar refractivity (Wildman–Crippen MR) is 72.2 cm³/mol. The Morgan fingerprint density at radius 3 is 2.32 bits per heavy atom. The highest BCUT2D eigenvalue weighted by atomic mass is 35.5. The Balaban J connectivity index is 0.00000441. The van der Waals surface area contributed by atoms with Gasteiger partial charge in [-0.3, -0.25) is 0 Å². The van der Waals surface area contributed by atoms with Crippen LogP contribution in [0.1, 0.15) is 24.1 Å². The van der Waals surface area contributed by atoms with Gasteiger partial charge in [0.25, 0.3) is 0 Å². The third-order valence-corrected chi connectivity index (χ3v) is 3.03. The second kappa shape index (κ2) is 7.43. The Morgan fingerprint density at radius 1 is 1.32 bits per heavy atom. The number of alkyl halides is 5. The topological polar surface area (TPSA) is 52.3 Å². The minimum Gasteiger partial charge on any atom is -0.462 e. The lowest BCUT2D eigenvalue weighted by Gasteiger charge is -2.23. The molecule has 0 saturated carbocycles. The molecule has 3 nitrogen and oxygen atoms in total. The Labute approximate surface area is 134 Å². The van der Waals surface area contributed by atoms with Gasteiger partial charge in [0.15, 0.2) is 0 Å². The van der Waals surface area contributed by atoms with Crippen LogP contribution in [0, 0.1) is 0 Å². The van der Waals surface area contributed by atoms with Crippen molar-refractivity contribution in [2.45, 2.75) is 25.1 Å². The number of hydrogen-bond donors (Lipinski definition) is 1. The van der Waals surface area contributed by atoms with Crippen LogP contribution in [0.25, 0.3) is 0 Å². The van der Waals surface area contributed by atoms with Crippen LogP contribution in [-0.2, 0) is 15.7 Å². The van der Waals surface area contributed by atoms with Gasteiger partial charge in [-0.15, -0.1) is 12.4 Å². The van der Waals surface area contributed by atoms with Crippen molar-refractivity contribution >= 4 is 30.0 Å². The SMILES string of the molecule is CCOC(=O)C(F)(F)[C@@H](N)c1cccc(C(F)(F)F)c1Cl.Cl. The number of halogens is 7. The maximum atomic E-state index is 13.8. The molecular weight excluding hydrogens is 356 g/mol. The normalized spacial score (nSPS) is 13.3. The fraction of sp³-hybridized carbons (Fsp3) is 0.417. The van der Waals surface area contributed by atoms with Crippen molar-refractivity contribution in [2.75, 3.05) is 6.61 Å². The maximum absolute atomic E-state index is 13.8. The van der Waals surface area contributed by atoms with Gasteiger partial charge >= 0.3 is 18.1 Å². The van der Waals surface area contributed by atoms with Crippen LogP contribution in [0.5, 0.6) is 0 Å². The monoisotopic (exact) mass is 367 g/mol. The highest BCUT2D eigenvalue weighted by Gasteiger charge is 2.49. The first-order valence-electron chi connectivity index (χ1n) is 5.69. The Bertz CT molecular complexity index is 537. The largest absolute Gasteiger partial charge is 0.462 e. The summed E-state index contributed by atoms with van der Waals surface area (Å²) in [6.07, 6.45) is -4.83. The summed E-state index contributed by atoms with van der Waals surface area (Å²) >= 11 is 5.49. The highest BCUT2D eigenvalue weighted by molar-refractivity contribution is 6.32. The van der Waals surface area contributed by atoms with Gasteiger partial charge in [0.05, 0.1) is 17.2 Å². The van der Waals surface area contributed by atoms with Crippen LogP contribution in [0.3, 0.4) is 0 Å². The third-order valence-electron chi connectivity index (χ3n) is 2.61. The number of esters is 1. The van der Waals surface area contributed by atoms with Crippen molar-refractivity contribution < 1.29 is 31.5 Å². The van der Waals surface area contributed by atoms with Crippen LogP contribution < -0.4 is 5.73 Å². The molecule has 0 radical (unpaired) electrons. The first-order chi connectivity index (χ1) is 9.53. The van der Waals surface area contributed by atoms with Gasteiger partial charge in [-0.2, -0.15) is 22.0 Å². The Morgan fingerprint density at radius 2 is 1.86 bits per heavy atom. The van der Waals surface area contributed by atoms with Crippen LogP contribution in [0.15, 0.2) is 18.2 Å². The van der Waals surface area contributed by atoms with E-state index in [1.807, 2.05) is 0 Å². The summed E-state index contributed by atoms with van der Waals surface area (Å²) in [5.41, 5.74) is 3.22. The highest BCUT2D eigenvalue weighted by Crippen LogP contribution is 2.40. The lowest BCUT2D eigenvalue weighted by atomic mass is 9.99. The van der Waals surface area contributed by atoms with E-state index in [1.165, 1.54) is 6.92 Å². The number of carbonyl (C=O) groups excluding carboxylic acids is 1. The molecule has 1 rings (SSSR count). The van der Waals surface area contributed by atoms with Crippen molar-refractivity contribution in [2.24, 2.45) is 5.73 Å². The van der Waals surface area contributed by atoms with Crippen molar-refractivity contribution in [3.05, 3.63) is 34.3 Å². The lowest BCUT2D eigenvalue weighted by molar-refractivity contribution is -0.174. The summed E-state index contributed by atoms with van der Waals surface area (Å²) in [4.78, 5) is 11.2. The fourth-order valence-electron chi connectivity index (χ4n) is 1.56. The van der Waals surface area contributed by atoms with Crippen LogP contribution in [0.4, 0.5) is 22.0 Å². The maximum Gasteiger partial charge on any atom is 0.417 e. The van der Waals surface area contributed by atoms with Gasteiger partial charge in [0.1, 0.15) is 6.04 Å². The first kappa shape index (κ1) is 20.9. The first-order valence-corrected chi connectivity index (χ1v) is 6.07. The van der Waals surface area contributed by atoms with E-state index in [2.05, 4.69) is 4.74 Å². The number of ether oxygens (including phenoxy) is 1. The zero-order valence-corrected chi connectivity index (χ0v) is 12.7. The van der Waals surface area contributed by atoms with Crippen LogP contribution >= 0.6 is 24.0 Å². The molecule has 0 fully saturated rings. The van der Waals surface area contributed by atoms with E-state index in [4.69, 9.17) is 17.3 Å². The molecule has 0 heterocycles. The van der Waals surface area contributed by atoms with Gasteiger partial charge in [0.2, 0.25) is 0 Å². The Hall–Kier alpha value is -1.12. The summed E-state index contributed by atoms with van der Waals surface area (Å²) in [5, 5.41) is -0.971. The molecule has 1 atom stereocenters. The van der Waals surface area contributed by atoms with E-state index < -0.39 is 40.3 Å². The summed E-state index contributed by atoms with van der Waals surface area (Å²) in [6.45, 7) is 0.980. The van der Waals surface area contributed by atoms with Gasteiger partial charge in [-0.05, 0) is 18.6 Å². The molecule has 2 N–H and O–H groups in total. The Kier molecular flexibility index (Phi) is 7.05. The number of hydrogen-bond acceptors (Lipinski definition) is 3. The molecule has 1 aromatic rings. The van der Waals surface area contributed by atoms with Crippen LogP contribution in [0.2, 0.25) is 5.02 Å². The van der Waals surface area contributed by atoms with E-state index in [-0.39, 0.29) is 19.0 Å². The van der Waals surface area contributed by atoms with Gasteiger partial charge in [-0.1, -0.05) is 23.7 Å². The summed E-state index contributed by atoms with van der Waals surface area (Å²) in [5.74, 6) is -6.13. The number of carbonyl (C=O) groups is 1. The van der Waals surface area contributed by atoms with Crippen molar-refractivity contribution in [3.63, 3.8) is 0 Å². The van der Waals surface area contributed by atoms with E-state index in [0.29, 0.717) is 6.07 Å². The average Bonchev–Trinajstić information content (AvgIpc) is 2.37. The third kappa shape index (κ3) is 4.21. The smallest absolute Gasteiger partial charge is 0.417 e. The molecule has 0 aliphatic rings. The summed E-state index contributed by atoms with van der Waals surface area (Å²) in [6, 6.07) is 0.0491. The van der Waals surface area contributed by atoms with Gasteiger partial charge in [-0.25, -0.2) is 4.79 Å². The molecule has 10 heteroatoms. The molecular formula is C12H12Cl2F5NO2. The standard InChI is InChI=1S/C12H11ClF5NO2.ClH/c1-2-21-10(20)11(14,15)9(19)6-4-3-5-7(8(6)13)12(16,17)18;/h3-5,9H,2,19H2,1H3;1H/t9-;/m0./s1. The molecule has 0 saturated heterocycles. The molecule has 0 amide bonds. The van der Waals surface area contributed by atoms with Gasteiger partial charge in [0, 0.05) is 0 Å². The molecule has 0 aliphatic carbocycles. The van der Waals surface area contributed by atoms with E-state index in [9.17, 15) is 26.7 Å². The molecule has 0 spiro atoms. The summed E-state index contributed by atoms with van der Waals surface area (Å²) in [7, 11) is 0. The van der Waals surface area contributed by atoms with Crippen molar-refractivity contribution in [1.29, 1.82) is 0 Å². The lowest BCUT2D eigenvalue weighted by Crippen LogP contribution is -2.42. The minimum absolute atomic E-state index is 0. The van der Waals surface area contributed by atoms with E-state index >= 15 is 0 Å². The van der Waals surface area contributed by atoms with Gasteiger partial charge < -0.3 is 10.5 Å². The second-order valence-corrected chi connectivity index (χ2v) is 4.41. The second-order valence-electron chi connectivity index (χ2n) is 4.03. The zero-order chi connectivity index (χ0) is 16.4. The van der Waals surface area contributed by atoms with Crippen LogP contribution in [-0.4, -0.2) is 18.5 Å². The molecule has 0 aromatic heterocycles. The minimum atomic E-state index is -4.83. The average molecular weight is 368 g/mol. The molecule has 0 bridgehead atoms. The molecule has 0 unspecified atom stereocenters.